The van der Waals surface area contributed by atoms with Gasteiger partial charge < -0.3 is 9.84 Å². The van der Waals surface area contributed by atoms with Crippen LogP contribution in [0, 0.1) is 5.82 Å². The van der Waals surface area contributed by atoms with Gasteiger partial charge in [0.25, 0.3) is 11.8 Å². The van der Waals surface area contributed by atoms with Gasteiger partial charge in [-0.25, -0.2) is 9.40 Å². The number of nitrogens with one attached hydrogen (secondary N) is 1. The number of anilines is 1. The van der Waals surface area contributed by atoms with Crippen molar-refractivity contribution in [3.63, 3.8) is 0 Å². The third kappa shape index (κ3) is 2.79. The highest BCUT2D eigenvalue weighted by atomic mass is 19.1. The van der Waals surface area contributed by atoms with Gasteiger partial charge in [0.15, 0.2) is 11.5 Å². The first-order chi connectivity index (χ1) is 11.5. The van der Waals surface area contributed by atoms with Gasteiger partial charge in [-0.3, -0.25) is 15.0 Å². The summed E-state index contributed by atoms with van der Waals surface area (Å²) in [5, 5.41) is 10.8. The molecule has 0 aromatic heterocycles. The highest BCUT2D eigenvalue weighted by Crippen LogP contribution is 2.28. The zero-order valence-electron chi connectivity index (χ0n) is 12.6. The smallest absolute Gasteiger partial charge is 0.282 e. The van der Waals surface area contributed by atoms with Crippen molar-refractivity contribution in [2.75, 3.05) is 12.1 Å². The Labute approximate surface area is 136 Å². The van der Waals surface area contributed by atoms with Crippen LogP contribution in [0.25, 0.3) is 6.08 Å². The van der Waals surface area contributed by atoms with Gasteiger partial charge in [0.2, 0.25) is 0 Å². The number of carbonyl (C=O) groups excluding carboxylic acids is 2. The number of phenolic OH excluding ortho intramolecular Hbond substituents is 1. The first-order valence-electron chi connectivity index (χ1n) is 6.99. The summed E-state index contributed by atoms with van der Waals surface area (Å²) >= 11 is 0. The molecule has 1 aliphatic heterocycles. The van der Waals surface area contributed by atoms with Crippen molar-refractivity contribution in [3.8, 4) is 11.5 Å². The Morgan fingerprint density at radius 3 is 2.50 bits per heavy atom. The lowest BCUT2D eigenvalue weighted by Gasteiger charge is -2.14. The van der Waals surface area contributed by atoms with Crippen molar-refractivity contribution >= 4 is 23.6 Å². The number of hydrogen-bond donors (Lipinski definition) is 2. The van der Waals surface area contributed by atoms with E-state index < -0.39 is 17.6 Å². The zero-order valence-corrected chi connectivity index (χ0v) is 12.6. The molecule has 2 amide bonds. The van der Waals surface area contributed by atoms with Gasteiger partial charge in [-0.15, -0.1) is 0 Å². The van der Waals surface area contributed by atoms with Crippen LogP contribution in [-0.4, -0.2) is 24.0 Å². The molecule has 2 aromatic rings. The number of halogens is 1. The van der Waals surface area contributed by atoms with Gasteiger partial charge in [-0.05, 0) is 48.0 Å². The number of rotatable bonds is 3. The molecule has 6 nitrogen and oxygen atoms in total. The molecule has 2 aromatic carbocycles. The van der Waals surface area contributed by atoms with Crippen LogP contribution in [-0.2, 0) is 9.59 Å². The highest BCUT2D eigenvalue weighted by molar-refractivity contribution is 6.31. The molecule has 0 bridgehead atoms. The van der Waals surface area contributed by atoms with E-state index in [2.05, 4.69) is 5.43 Å². The van der Waals surface area contributed by atoms with Crippen molar-refractivity contribution in [1.29, 1.82) is 0 Å². The van der Waals surface area contributed by atoms with Crippen molar-refractivity contribution in [3.05, 3.63) is 59.4 Å². The van der Waals surface area contributed by atoms with E-state index >= 15 is 0 Å². The number of benzene rings is 2. The number of amides is 2. The maximum atomic E-state index is 13.0. The van der Waals surface area contributed by atoms with Crippen LogP contribution in [0.5, 0.6) is 11.5 Å². The van der Waals surface area contributed by atoms with Gasteiger partial charge in [0, 0.05) is 0 Å². The Balaban J connectivity index is 1.91. The first kappa shape index (κ1) is 15.5. The average Bonchev–Trinajstić information content (AvgIpc) is 2.84. The molecular weight excluding hydrogens is 315 g/mol. The molecule has 0 spiro atoms. The minimum absolute atomic E-state index is 0.0936. The average molecular weight is 328 g/mol. The summed E-state index contributed by atoms with van der Waals surface area (Å²) in [6, 6.07) is 9.66. The second-order valence-electron chi connectivity index (χ2n) is 5.05. The predicted octanol–water partition coefficient (Wildman–Crippen LogP) is 2.00. The summed E-state index contributed by atoms with van der Waals surface area (Å²) in [6.07, 6.45) is 1.36. The molecule has 0 unspecified atom stereocenters. The molecule has 0 saturated carbocycles. The van der Waals surface area contributed by atoms with E-state index in [4.69, 9.17) is 4.74 Å². The second-order valence-corrected chi connectivity index (χ2v) is 5.05. The molecule has 24 heavy (non-hydrogen) atoms. The fourth-order valence-corrected chi connectivity index (χ4v) is 2.29. The Hall–Kier alpha value is -3.35. The molecule has 3 rings (SSSR count). The lowest BCUT2D eigenvalue weighted by Crippen LogP contribution is -2.35. The topological polar surface area (TPSA) is 78.9 Å². The summed E-state index contributed by atoms with van der Waals surface area (Å²) in [4.78, 5) is 24.5. The summed E-state index contributed by atoms with van der Waals surface area (Å²) in [6.45, 7) is 0. The standard InChI is InChI=1S/C17H13FN2O4/c1-24-15-7-2-10(9-14(15)21)8-13-16(22)19-20(17(13)23)12-5-3-11(18)4-6-12/h2-9,21H,1H3,(H,19,22)/b13-8+. The maximum absolute atomic E-state index is 13.0. The number of phenols is 1. The molecular formula is C17H13FN2O4. The molecule has 0 aliphatic carbocycles. The normalized spacial score (nSPS) is 15.8. The molecule has 1 aliphatic rings. The monoisotopic (exact) mass is 328 g/mol. The van der Waals surface area contributed by atoms with Gasteiger partial charge in [-0.1, -0.05) is 6.07 Å². The highest BCUT2D eigenvalue weighted by Gasteiger charge is 2.34. The van der Waals surface area contributed by atoms with E-state index in [9.17, 15) is 19.1 Å². The number of methoxy groups -OCH3 is 1. The lowest BCUT2D eigenvalue weighted by molar-refractivity contribution is -0.117. The number of nitrogens with zero attached hydrogens (tertiary/aromatic N) is 1. The van der Waals surface area contributed by atoms with Crippen molar-refractivity contribution < 1.29 is 23.8 Å². The molecule has 0 atom stereocenters. The first-order valence-corrected chi connectivity index (χ1v) is 6.99. The quantitative estimate of drug-likeness (QED) is 0.667. The molecule has 1 saturated heterocycles. The van der Waals surface area contributed by atoms with E-state index in [0.717, 1.165) is 5.01 Å². The Morgan fingerprint density at radius 2 is 1.88 bits per heavy atom. The van der Waals surface area contributed by atoms with Crippen molar-refractivity contribution in [1.82, 2.24) is 5.43 Å². The van der Waals surface area contributed by atoms with Crippen LogP contribution in [0.4, 0.5) is 10.1 Å². The summed E-state index contributed by atoms with van der Waals surface area (Å²) < 4.78 is 17.9. The fraction of sp³-hybridized carbons (Fsp3) is 0.0588. The van der Waals surface area contributed by atoms with Crippen molar-refractivity contribution in [2.45, 2.75) is 0 Å². The summed E-state index contributed by atoms with van der Waals surface area (Å²) in [7, 11) is 1.42. The number of aromatic hydroxyl groups is 1. The Bertz CT molecular complexity index is 846. The minimum atomic E-state index is -0.584. The van der Waals surface area contributed by atoms with Crippen LogP contribution in [0.3, 0.4) is 0 Å². The van der Waals surface area contributed by atoms with Gasteiger partial charge in [0.05, 0.1) is 12.8 Å². The largest absolute Gasteiger partial charge is 0.504 e. The number of ether oxygens (including phenoxy) is 1. The zero-order chi connectivity index (χ0) is 17.3. The molecule has 1 fully saturated rings. The van der Waals surface area contributed by atoms with E-state index in [1.165, 1.54) is 49.6 Å². The van der Waals surface area contributed by atoms with Crippen LogP contribution in [0.15, 0.2) is 48.0 Å². The van der Waals surface area contributed by atoms with Crippen LogP contribution in [0.1, 0.15) is 5.56 Å². The van der Waals surface area contributed by atoms with E-state index in [1.807, 2.05) is 0 Å². The Morgan fingerprint density at radius 1 is 1.17 bits per heavy atom. The van der Waals surface area contributed by atoms with Crippen molar-refractivity contribution in [2.24, 2.45) is 0 Å². The maximum Gasteiger partial charge on any atom is 0.282 e. The number of hydrogen-bond acceptors (Lipinski definition) is 4. The van der Waals surface area contributed by atoms with E-state index in [0.29, 0.717) is 11.3 Å². The molecule has 1 heterocycles. The predicted molar refractivity (Wildman–Crippen MR) is 84.7 cm³/mol. The Kier molecular flexibility index (Phi) is 3.91. The third-order valence-corrected chi connectivity index (χ3v) is 3.49. The molecule has 0 radical (unpaired) electrons. The summed E-state index contributed by atoms with van der Waals surface area (Å²) in [5.41, 5.74) is 3.13. The molecule has 2 N–H and O–H groups in total. The lowest BCUT2D eigenvalue weighted by atomic mass is 10.1. The van der Waals surface area contributed by atoms with Gasteiger partial charge in [0.1, 0.15) is 11.4 Å². The SMILES string of the molecule is COc1ccc(/C=C2\C(=O)NN(c3ccc(F)cc3)C2=O)cc1O. The number of hydrazine groups is 1. The minimum Gasteiger partial charge on any atom is -0.504 e. The van der Waals surface area contributed by atoms with E-state index in [1.54, 1.807) is 6.07 Å². The van der Waals surface area contributed by atoms with Gasteiger partial charge >= 0.3 is 0 Å². The van der Waals surface area contributed by atoms with E-state index in [-0.39, 0.29) is 17.1 Å². The summed E-state index contributed by atoms with van der Waals surface area (Å²) in [5.74, 6) is -1.41. The number of carbonyl (C=O) groups is 2. The second kappa shape index (κ2) is 6.04. The molecule has 7 heteroatoms. The third-order valence-electron chi connectivity index (χ3n) is 3.49. The van der Waals surface area contributed by atoms with Gasteiger partial charge in [-0.2, -0.15) is 0 Å². The van der Waals surface area contributed by atoms with Crippen LogP contribution >= 0.6 is 0 Å². The van der Waals surface area contributed by atoms with Crippen LogP contribution < -0.4 is 15.2 Å². The molecule has 122 valence electrons. The van der Waals surface area contributed by atoms with Crippen LogP contribution in [0.2, 0.25) is 0 Å². The fourth-order valence-electron chi connectivity index (χ4n) is 2.29.